The van der Waals surface area contributed by atoms with E-state index in [-0.39, 0.29) is 11.8 Å². The minimum absolute atomic E-state index is 0.0961. The van der Waals surface area contributed by atoms with E-state index in [9.17, 15) is 0 Å². The van der Waals surface area contributed by atoms with Crippen LogP contribution in [0.4, 0.5) is 11.8 Å². The van der Waals surface area contributed by atoms with Crippen LogP contribution in [0.3, 0.4) is 0 Å². The molecule has 24 heavy (non-hydrogen) atoms. The lowest BCUT2D eigenvalue weighted by atomic mass is 9.99. The number of nitrogens with zero attached hydrogens (tertiary/aromatic N) is 4. The van der Waals surface area contributed by atoms with Gasteiger partial charge in [-0.25, -0.2) is 9.97 Å². The first kappa shape index (κ1) is 13.0. The predicted octanol–water partition coefficient (Wildman–Crippen LogP) is 3.04. The second-order valence-corrected chi connectivity index (χ2v) is 5.65. The first-order valence-electron chi connectivity index (χ1n) is 7.52. The Hall–Kier alpha value is -3.54. The second-order valence-electron chi connectivity index (χ2n) is 5.65. The van der Waals surface area contributed by atoms with E-state index in [1.54, 1.807) is 0 Å². The summed E-state index contributed by atoms with van der Waals surface area (Å²) in [7, 11) is 0. The lowest BCUT2D eigenvalue weighted by Gasteiger charge is -2.10. The number of benzene rings is 3. The minimum atomic E-state index is 0.0961. The molecule has 0 atom stereocenters. The molecule has 0 saturated heterocycles. The molecular weight excluding hydrogens is 300 g/mol. The molecule has 0 saturated carbocycles. The molecule has 6 nitrogen and oxygen atoms in total. The molecule has 0 radical (unpaired) electrons. The summed E-state index contributed by atoms with van der Waals surface area (Å²) in [6.07, 6.45) is 0. The maximum atomic E-state index is 5.97. The number of anilines is 2. The van der Waals surface area contributed by atoms with Gasteiger partial charge in [-0.05, 0) is 10.8 Å². The first-order valence-corrected chi connectivity index (χ1v) is 7.52. The van der Waals surface area contributed by atoms with E-state index >= 15 is 0 Å². The van der Waals surface area contributed by atoms with Gasteiger partial charge in [0.05, 0.1) is 11.0 Å². The third-order valence-electron chi connectivity index (χ3n) is 4.23. The summed E-state index contributed by atoms with van der Waals surface area (Å²) in [6, 6.07) is 16.3. The predicted molar refractivity (Wildman–Crippen MR) is 96.5 cm³/mol. The molecule has 4 N–H and O–H groups in total. The quantitative estimate of drug-likeness (QED) is 0.336. The molecule has 0 aliphatic heterocycles. The third kappa shape index (κ3) is 1.65. The Balaban J connectivity index is 2.14. The van der Waals surface area contributed by atoms with E-state index in [1.807, 2.05) is 36.4 Å². The highest BCUT2D eigenvalue weighted by molar-refractivity contribution is 6.23. The number of hydrogen-bond donors (Lipinski definition) is 2. The average Bonchev–Trinajstić information content (AvgIpc) is 2.61. The van der Waals surface area contributed by atoms with Crippen LogP contribution in [0.2, 0.25) is 0 Å². The standard InChI is InChI=1S/C18H12N6/c19-16-15-17(24-18(20)23-16)22-14-12-8-4-2-6-10(12)9-5-1-3-7-11(9)13(14)21-15/h1-8H,(H4,19,20,22,23,24). The topological polar surface area (TPSA) is 104 Å². The zero-order valence-corrected chi connectivity index (χ0v) is 12.6. The zero-order chi connectivity index (χ0) is 16.3. The molecule has 114 valence electrons. The fraction of sp³-hybridized carbons (Fsp3) is 0. The fourth-order valence-electron chi connectivity index (χ4n) is 3.21. The van der Waals surface area contributed by atoms with Crippen molar-refractivity contribution in [3.05, 3.63) is 48.5 Å². The van der Waals surface area contributed by atoms with Crippen molar-refractivity contribution in [1.82, 2.24) is 19.9 Å². The van der Waals surface area contributed by atoms with E-state index in [0.717, 1.165) is 32.6 Å². The van der Waals surface area contributed by atoms with Gasteiger partial charge in [-0.3, -0.25) is 0 Å². The SMILES string of the molecule is Nc1nc(N)c2nc3c4ccccc4c4ccccc4c3nc2n1. The summed E-state index contributed by atoms with van der Waals surface area (Å²) in [5, 5.41) is 4.31. The number of nitrogen functional groups attached to an aromatic ring is 2. The van der Waals surface area contributed by atoms with Gasteiger partial charge in [0, 0.05) is 10.8 Å². The van der Waals surface area contributed by atoms with E-state index in [2.05, 4.69) is 22.1 Å². The molecular formula is C18H12N6. The molecule has 2 heterocycles. The number of fused-ring (bicyclic) bond motifs is 7. The number of hydrogen-bond acceptors (Lipinski definition) is 6. The van der Waals surface area contributed by atoms with Gasteiger partial charge >= 0.3 is 0 Å². The van der Waals surface area contributed by atoms with Crippen LogP contribution in [0.5, 0.6) is 0 Å². The summed E-state index contributed by atoms with van der Waals surface area (Å²) in [6.45, 7) is 0. The van der Waals surface area contributed by atoms with Crippen LogP contribution < -0.4 is 11.5 Å². The van der Waals surface area contributed by atoms with Crippen LogP contribution in [0.1, 0.15) is 0 Å². The van der Waals surface area contributed by atoms with Crippen molar-refractivity contribution >= 4 is 55.5 Å². The van der Waals surface area contributed by atoms with Gasteiger partial charge in [-0.2, -0.15) is 9.97 Å². The Labute approximate surface area is 136 Å². The van der Waals surface area contributed by atoms with Crippen LogP contribution in [-0.2, 0) is 0 Å². The average molecular weight is 312 g/mol. The minimum Gasteiger partial charge on any atom is -0.382 e. The van der Waals surface area contributed by atoms with Crippen molar-refractivity contribution in [2.24, 2.45) is 0 Å². The normalized spacial score (nSPS) is 11.7. The molecule has 3 aromatic carbocycles. The van der Waals surface area contributed by atoms with Gasteiger partial charge in [0.2, 0.25) is 5.95 Å². The molecule has 5 rings (SSSR count). The van der Waals surface area contributed by atoms with Crippen LogP contribution in [0.25, 0.3) is 43.7 Å². The number of aromatic nitrogens is 4. The van der Waals surface area contributed by atoms with Gasteiger partial charge in [-0.15, -0.1) is 0 Å². The summed E-state index contributed by atoms with van der Waals surface area (Å²) in [5.74, 6) is 0.336. The first-order chi connectivity index (χ1) is 11.7. The maximum absolute atomic E-state index is 5.97. The van der Waals surface area contributed by atoms with Crippen molar-refractivity contribution in [1.29, 1.82) is 0 Å². The fourth-order valence-corrected chi connectivity index (χ4v) is 3.21. The van der Waals surface area contributed by atoms with Crippen molar-refractivity contribution < 1.29 is 0 Å². The Morgan fingerprint density at radius 1 is 0.542 bits per heavy atom. The Kier molecular flexibility index (Phi) is 2.42. The lowest BCUT2D eigenvalue weighted by Crippen LogP contribution is -2.03. The summed E-state index contributed by atoms with van der Waals surface area (Å²) in [5.41, 5.74) is 14.1. The number of rotatable bonds is 0. The Morgan fingerprint density at radius 3 is 1.71 bits per heavy atom. The summed E-state index contributed by atoms with van der Waals surface area (Å²) in [4.78, 5) is 17.6. The van der Waals surface area contributed by atoms with Gasteiger partial charge in [0.15, 0.2) is 17.0 Å². The van der Waals surface area contributed by atoms with Crippen LogP contribution >= 0.6 is 0 Å². The Morgan fingerprint density at radius 2 is 1.08 bits per heavy atom. The van der Waals surface area contributed by atoms with E-state index < -0.39 is 0 Å². The summed E-state index contributed by atoms with van der Waals surface area (Å²) >= 11 is 0. The molecule has 0 bridgehead atoms. The van der Waals surface area contributed by atoms with Crippen molar-refractivity contribution in [3.8, 4) is 0 Å². The van der Waals surface area contributed by atoms with Crippen LogP contribution in [0.15, 0.2) is 48.5 Å². The zero-order valence-electron chi connectivity index (χ0n) is 12.6. The van der Waals surface area contributed by atoms with Gasteiger partial charge in [0.1, 0.15) is 0 Å². The third-order valence-corrected chi connectivity index (χ3v) is 4.23. The van der Waals surface area contributed by atoms with Gasteiger partial charge in [-0.1, -0.05) is 48.5 Å². The molecule has 0 aliphatic carbocycles. The molecule has 0 spiro atoms. The molecule has 6 heteroatoms. The van der Waals surface area contributed by atoms with Crippen molar-refractivity contribution in [3.63, 3.8) is 0 Å². The van der Waals surface area contributed by atoms with E-state index in [4.69, 9.17) is 21.4 Å². The highest BCUT2D eigenvalue weighted by Gasteiger charge is 2.14. The van der Waals surface area contributed by atoms with Gasteiger partial charge < -0.3 is 11.5 Å². The van der Waals surface area contributed by atoms with Crippen molar-refractivity contribution in [2.45, 2.75) is 0 Å². The molecule has 0 unspecified atom stereocenters. The Bertz CT molecular complexity index is 1280. The molecule has 0 aliphatic rings. The molecule has 5 aromatic rings. The van der Waals surface area contributed by atoms with Crippen LogP contribution in [0, 0.1) is 0 Å². The second kappa shape index (κ2) is 4.48. The lowest BCUT2D eigenvalue weighted by molar-refractivity contribution is 1.20. The highest BCUT2D eigenvalue weighted by atomic mass is 15.1. The smallest absolute Gasteiger partial charge is 0.224 e. The monoisotopic (exact) mass is 312 g/mol. The summed E-state index contributed by atoms with van der Waals surface area (Å²) < 4.78 is 0. The van der Waals surface area contributed by atoms with Crippen molar-refractivity contribution in [2.75, 3.05) is 11.5 Å². The van der Waals surface area contributed by atoms with E-state index in [1.165, 1.54) is 0 Å². The maximum Gasteiger partial charge on any atom is 0.224 e. The van der Waals surface area contributed by atoms with Crippen LogP contribution in [-0.4, -0.2) is 19.9 Å². The molecule has 0 fully saturated rings. The van der Waals surface area contributed by atoms with E-state index in [0.29, 0.717) is 11.2 Å². The highest BCUT2D eigenvalue weighted by Crippen LogP contribution is 2.34. The number of nitrogens with two attached hydrogens (primary N) is 2. The largest absolute Gasteiger partial charge is 0.382 e. The van der Waals surface area contributed by atoms with Gasteiger partial charge in [0.25, 0.3) is 0 Å². The molecule has 2 aromatic heterocycles. The molecule has 0 amide bonds.